The Morgan fingerprint density at radius 2 is 0.881 bits per heavy atom. The first-order chi connectivity index (χ1) is 26.4. The van der Waals surface area contributed by atoms with E-state index in [-0.39, 0.29) is 58.3 Å². The van der Waals surface area contributed by atoms with Gasteiger partial charge in [0.25, 0.3) is 5.95 Å². The maximum absolute atomic E-state index is 6.10. The quantitative estimate of drug-likeness (QED) is 0.0261. The van der Waals surface area contributed by atoms with Gasteiger partial charge in [-0.1, -0.05) is 81.6 Å². The van der Waals surface area contributed by atoms with Crippen molar-refractivity contribution in [2.45, 2.75) is 50.4 Å². The van der Waals surface area contributed by atoms with Crippen molar-refractivity contribution in [3.63, 3.8) is 0 Å². The number of hydroxylamine groups is 1. The molecule has 0 aromatic carbocycles. The van der Waals surface area contributed by atoms with Gasteiger partial charge in [-0.2, -0.15) is 44.9 Å². The van der Waals surface area contributed by atoms with Gasteiger partial charge in [0, 0.05) is 33.2 Å². The second-order valence-electron chi connectivity index (χ2n) is 8.22. The van der Waals surface area contributed by atoms with Gasteiger partial charge in [-0.05, 0) is 92.0 Å². The maximum atomic E-state index is 6.10. The van der Waals surface area contributed by atoms with Gasteiger partial charge in [-0.15, -0.1) is 24.8 Å². The number of halogens is 12. The zero-order valence-corrected chi connectivity index (χ0v) is 53.3. The Hall–Kier alpha value is 2.12. The number of methoxy groups -OCH3 is 1. The molecule has 18 nitrogen and oxygen atoms in total. The fraction of sp³-hybridized carbons (Fsp3) is 0.607. The summed E-state index contributed by atoms with van der Waals surface area (Å²) in [5.41, 5.74) is 4.85. The Balaban J connectivity index is -0.0000000909. The number of hydrogen-bond donors (Lipinski definition) is 6. The Morgan fingerprint density at radius 3 is 1.07 bits per heavy atom. The fourth-order valence-electron chi connectivity index (χ4n) is 2.19. The zero-order valence-electron chi connectivity index (χ0n) is 34.3. The Bertz CT molecular complexity index is 1240. The van der Waals surface area contributed by atoms with Gasteiger partial charge >= 0.3 is 64.9 Å². The number of aromatic nitrogens is 9. The first-order valence-electron chi connectivity index (χ1n) is 15.8. The molecule has 0 saturated heterocycles. The number of nitrogens with two attached hydrogens (primary N) is 1. The number of hydrogen-bond acceptors (Lipinski definition) is 18. The van der Waals surface area contributed by atoms with Crippen LogP contribution in [0.15, 0.2) is 0 Å². The third kappa shape index (κ3) is 62.2. The minimum atomic E-state index is -0.278. The number of ether oxygens (including phenoxy) is 1. The molecule has 350 valence electrons. The van der Waals surface area contributed by atoms with E-state index in [4.69, 9.17) is 62.4 Å². The molecule has 0 aliphatic rings. The summed E-state index contributed by atoms with van der Waals surface area (Å²) in [6.45, 7) is 17.8. The molecule has 3 rings (SSSR count). The van der Waals surface area contributed by atoms with Gasteiger partial charge < -0.3 is 39.2 Å². The molecule has 31 heteroatoms. The molecule has 0 fully saturated rings. The summed E-state index contributed by atoms with van der Waals surface area (Å²) >= 11 is 36.0. The molecule has 0 saturated carbocycles. The van der Waals surface area contributed by atoms with Crippen molar-refractivity contribution in [1.82, 2.24) is 44.9 Å². The summed E-state index contributed by atoms with van der Waals surface area (Å²) in [6, 6.07) is 0. The van der Waals surface area contributed by atoms with Crippen LogP contribution in [-0.2, 0) is 14.5 Å². The predicted octanol–water partition coefficient (Wildman–Crippen LogP) is 11.8. The number of nitrogens with one attached hydrogen (secondary N) is 5. The minimum absolute atomic E-state index is 0. The van der Waals surface area contributed by atoms with Gasteiger partial charge in [-0.25, -0.2) is 5.06 Å². The van der Waals surface area contributed by atoms with Crippen molar-refractivity contribution >= 4 is 235 Å². The second-order valence-corrected chi connectivity index (χ2v) is 52.6. The molecule has 3 aromatic rings. The summed E-state index contributed by atoms with van der Waals surface area (Å²) < 4.78 is 6.08. The average Bonchev–Trinajstić information content (AvgIpc) is 3.08. The van der Waals surface area contributed by atoms with Crippen LogP contribution in [0.3, 0.4) is 0 Å². The monoisotopic (exact) mass is 1670 g/mol. The van der Waals surface area contributed by atoms with Crippen molar-refractivity contribution in [2.75, 3.05) is 84.7 Å². The second kappa shape index (κ2) is 58.1. The SMILES string of the molecule is CC(I)I.CCI.CCN.CCNc1nc(Cl)nc(NCC)n1.CCNc1nc(NCC)nc(N(C)OC)n1.COC=N.Cl.Cl.Clc1nc(Cl)nc(Cl)n1.[CH3-].[I][V]([I])[I]. The predicted molar refractivity (Wildman–Crippen MR) is 307 cm³/mol. The first-order valence-corrected chi connectivity index (χ1v) is 34.9. The van der Waals surface area contributed by atoms with Crippen LogP contribution >= 0.6 is 199 Å². The van der Waals surface area contributed by atoms with Crippen molar-refractivity contribution in [3.8, 4) is 0 Å². The molecule has 3 aromatic heterocycles. The van der Waals surface area contributed by atoms with Crippen molar-refractivity contribution in [2.24, 2.45) is 5.73 Å². The van der Waals surface area contributed by atoms with E-state index in [0.29, 0.717) is 29.7 Å². The standard InChI is InChI=1S/C9H18N6O.C7H12ClN5.C3Cl3N3.C2H4I2.C2H5I.C2H5NO.C2H7N.CH3.2ClH.3HI.V/c1-5-10-7-12-8(11-6-2)14-9(13-7)15(3)16-4;1-3-9-6-11-5(8)12-7(13-6)10-4-2;4-1-7-2(5)9-3(6)8-1;1-2(3)4;1-2-3;1-4-2-3;1-2-3;;;;;;;/h5-6H2,1-4H3,(H2,10,11,12,13,14);3-4H2,1-2H3,(H2,9,10,11,12,13);;2H,1H3;2H2,1H3;2-3H,1H3;2-3H2,1H3;1H3;5*1H;/q;;;;;;;-1;;;;;;+3/p-3. The number of rotatable bonds is 11. The molecule has 7 N–H and O–H groups in total. The van der Waals surface area contributed by atoms with E-state index >= 15 is 0 Å². The van der Waals surface area contributed by atoms with Crippen molar-refractivity contribution in [1.29, 1.82) is 5.41 Å². The third-order valence-corrected chi connectivity index (χ3v) is 4.47. The molecular formula is C28H56Cl6I6N16O2V-. The molecule has 3 heterocycles. The van der Waals surface area contributed by atoms with Crippen LogP contribution in [0.5, 0.6) is 0 Å². The normalized spacial score (nSPS) is 8.53. The van der Waals surface area contributed by atoms with Crippen LogP contribution in [0, 0.1) is 12.8 Å². The summed E-state index contributed by atoms with van der Waals surface area (Å²) in [5, 5.41) is 19.8. The Labute approximate surface area is 462 Å². The molecule has 59 heavy (non-hydrogen) atoms. The van der Waals surface area contributed by atoms with E-state index in [1.165, 1.54) is 16.6 Å². The molecule has 0 amide bonds. The summed E-state index contributed by atoms with van der Waals surface area (Å²) in [6.07, 6.45) is 0.875. The fourth-order valence-corrected chi connectivity index (χ4v) is 2.96. The van der Waals surface area contributed by atoms with Crippen LogP contribution in [0.4, 0.5) is 29.7 Å². The molecule has 0 atom stereocenters. The summed E-state index contributed by atoms with van der Waals surface area (Å²) in [5.74, 6) is 2.53. The molecular weight excluding hydrogens is 1620 g/mol. The van der Waals surface area contributed by atoms with Crippen LogP contribution in [-0.4, -0.2) is 112 Å². The number of anilines is 5. The van der Waals surface area contributed by atoms with Crippen LogP contribution in [0.25, 0.3) is 0 Å². The van der Waals surface area contributed by atoms with Crippen LogP contribution in [0.1, 0.15) is 48.5 Å². The van der Waals surface area contributed by atoms with Gasteiger partial charge in [0.1, 0.15) is 0 Å². The number of alkyl halides is 3. The average molecular weight is 1670 g/mol. The van der Waals surface area contributed by atoms with E-state index in [1.54, 1.807) is 14.2 Å². The Kier molecular flexibility index (Phi) is 77.2. The molecule has 0 aliphatic heterocycles. The van der Waals surface area contributed by atoms with Crippen molar-refractivity contribution in [3.05, 3.63) is 28.6 Å². The van der Waals surface area contributed by atoms with Gasteiger partial charge in [0.15, 0.2) is 6.40 Å². The van der Waals surface area contributed by atoms with Crippen molar-refractivity contribution < 1.29 is 14.5 Å². The topological polar surface area (TPSA) is 236 Å². The summed E-state index contributed by atoms with van der Waals surface area (Å²) in [7, 11) is 4.73. The van der Waals surface area contributed by atoms with Crippen LogP contribution in [0.2, 0.25) is 21.1 Å². The van der Waals surface area contributed by atoms with Gasteiger partial charge in [0.05, 0.1) is 16.2 Å². The van der Waals surface area contributed by atoms with E-state index < -0.39 is 0 Å². The van der Waals surface area contributed by atoms with E-state index in [2.05, 4.69) is 212 Å². The van der Waals surface area contributed by atoms with Crippen LogP contribution < -0.4 is 32.1 Å². The first kappa shape index (κ1) is 78.3. The third-order valence-electron chi connectivity index (χ3n) is 3.80. The van der Waals surface area contributed by atoms with E-state index in [0.717, 1.165) is 41.1 Å². The van der Waals surface area contributed by atoms with E-state index in [1.807, 2.05) is 34.6 Å². The molecule has 0 bridgehead atoms. The van der Waals surface area contributed by atoms with E-state index in [9.17, 15) is 0 Å². The summed E-state index contributed by atoms with van der Waals surface area (Å²) in [4.78, 5) is 39.6. The van der Waals surface area contributed by atoms with Gasteiger partial charge in [-0.3, -0.25) is 10.2 Å². The molecule has 0 aliphatic carbocycles. The zero-order chi connectivity index (χ0) is 44.5. The molecule has 0 radical (unpaired) electrons. The molecule has 0 unspecified atom stereocenters. The van der Waals surface area contributed by atoms with Gasteiger partial charge in [0.2, 0.25) is 44.9 Å². The number of nitrogens with zero attached hydrogens (tertiary/aromatic N) is 10. The Morgan fingerprint density at radius 1 is 0.678 bits per heavy atom. The molecule has 0 spiro atoms.